The zero-order valence-corrected chi connectivity index (χ0v) is 13.3. The third-order valence-corrected chi connectivity index (χ3v) is 4.11. The topological polar surface area (TPSA) is 50.5 Å². The van der Waals surface area contributed by atoms with Crippen LogP contribution in [0.3, 0.4) is 0 Å². The molecule has 1 aliphatic heterocycles. The first kappa shape index (κ1) is 16.0. The van der Waals surface area contributed by atoms with E-state index < -0.39 is 6.10 Å². The Morgan fingerprint density at radius 2 is 2.09 bits per heavy atom. The number of aliphatic hydroxyl groups is 1. The number of benzene rings is 1. The largest absolute Gasteiger partial charge is 0.492 e. The lowest BCUT2D eigenvalue weighted by molar-refractivity contribution is 0.163. The lowest BCUT2D eigenvalue weighted by atomic mass is 10.2. The molecule has 0 radical (unpaired) electrons. The smallest absolute Gasteiger partial charge is 0.123 e. The van der Waals surface area contributed by atoms with E-state index in [1.807, 2.05) is 17.7 Å². The molecule has 0 bridgehead atoms. The SMILES string of the molecule is CC[C@@H](O)c1cc2n(n1)CCN(CCOc1ccc(F)cc1)C2. The second kappa shape index (κ2) is 7.10. The third kappa shape index (κ3) is 3.89. The van der Waals surface area contributed by atoms with Crippen LogP contribution in [-0.2, 0) is 13.1 Å². The van der Waals surface area contributed by atoms with Crippen LogP contribution in [0.1, 0.15) is 30.8 Å². The van der Waals surface area contributed by atoms with Crippen molar-refractivity contribution in [2.75, 3.05) is 19.7 Å². The highest BCUT2D eigenvalue weighted by molar-refractivity contribution is 5.22. The Balaban J connectivity index is 1.51. The number of fused-ring (bicyclic) bond motifs is 1. The van der Waals surface area contributed by atoms with Gasteiger partial charge < -0.3 is 9.84 Å². The predicted octanol–water partition coefficient (Wildman–Crippen LogP) is 2.36. The van der Waals surface area contributed by atoms with Gasteiger partial charge >= 0.3 is 0 Å². The number of rotatable bonds is 6. The molecule has 23 heavy (non-hydrogen) atoms. The molecule has 1 aliphatic rings. The molecule has 6 heteroatoms. The first-order valence-electron chi connectivity index (χ1n) is 8.01. The van der Waals surface area contributed by atoms with Crippen molar-refractivity contribution in [1.29, 1.82) is 0 Å². The Kier molecular flexibility index (Phi) is 4.93. The van der Waals surface area contributed by atoms with Crippen molar-refractivity contribution in [3.05, 3.63) is 47.5 Å². The van der Waals surface area contributed by atoms with Gasteiger partial charge in [0.25, 0.3) is 0 Å². The maximum absolute atomic E-state index is 12.8. The fourth-order valence-electron chi connectivity index (χ4n) is 2.73. The van der Waals surface area contributed by atoms with Gasteiger partial charge in [-0.05, 0) is 36.8 Å². The van der Waals surface area contributed by atoms with Crippen LogP contribution >= 0.6 is 0 Å². The van der Waals surface area contributed by atoms with Gasteiger partial charge in [-0.1, -0.05) is 6.92 Å². The highest BCUT2D eigenvalue weighted by Crippen LogP contribution is 2.20. The van der Waals surface area contributed by atoms with Crippen LogP contribution in [0.5, 0.6) is 5.75 Å². The van der Waals surface area contributed by atoms with Gasteiger partial charge in [-0.3, -0.25) is 9.58 Å². The van der Waals surface area contributed by atoms with Crippen molar-refractivity contribution >= 4 is 0 Å². The summed E-state index contributed by atoms with van der Waals surface area (Å²) in [5.41, 5.74) is 1.88. The zero-order valence-electron chi connectivity index (χ0n) is 13.3. The maximum atomic E-state index is 12.8. The molecule has 0 amide bonds. The number of hydrogen-bond donors (Lipinski definition) is 1. The molecule has 0 unspecified atom stereocenters. The standard InChI is InChI=1S/C17H22FN3O2/c1-2-17(22)16-11-14-12-20(7-8-21(14)19-16)9-10-23-15-5-3-13(18)4-6-15/h3-6,11,17,22H,2,7-10,12H2,1H3/t17-/m1/s1. The van der Waals surface area contributed by atoms with E-state index in [-0.39, 0.29) is 5.82 Å². The average molecular weight is 319 g/mol. The Morgan fingerprint density at radius 1 is 1.30 bits per heavy atom. The second-order valence-electron chi connectivity index (χ2n) is 5.79. The molecule has 0 saturated carbocycles. The quantitative estimate of drug-likeness (QED) is 0.888. The van der Waals surface area contributed by atoms with Crippen LogP contribution in [-0.4, -0.2) is 39.5 Å². The monoisotopic (exact) mass is 319 g/mol. The molecule has 0 fully saturated rings. The average Bonchev–Trinajstić information content (AvgIpc) is 2.99. The van der Waals surface area contributed by atoms with Crippen molar-refractivity contribution in [2.24, 2.45) is 0 Å². The van der Waals surface area contributed by atoms with E-state index in [2.05, 4.69) is 10.00 Å². The molecule has 3 rings (SSSR count). The van der Waals surface area contributed by atoms with Crippen molar-refractivity contribution < 1.29 is 14.2 Å². The summed E-state index contributed by atoms with van der Waals surface area (Å²) in [6.07, 6.45) is 0.189. The summed E-state index contributed by atoms with van der Waals surface area (Å²) < 4.78 is 20.5. The zero-order chi connectivity index (χ0) is 16.2. The van der Waals surface area contributed by atoms with Crippen molar-refractivity contribution in [3.63, 3.8) is 0 Å². The minimum atomic E-state index is -0.483. The molecule has 0 saturated heterocycles. The van der Waals surface area contributed by atoms with Gasteiger partial charge in [0, 0.05) is 19.6 Å². The minimum absolute atomic E-state index is 0.258. The number of aromatic nitrogens is 2. The molecule has 1 N–H and O–H groups in total. The molecule has 2 aromatic rings. The Morgan fingerprint density at radius 3 is 2.83 bits per heavy atom. The molecule has 1 aromatic heterocycles. The van der Waals surface area contributed by atoms with Crippen LogP contribution in [0.25, 0.3) is 0 Å². The lowest BCUT2D eigenvalue weighted by Gasteiger charge is -2.27. The van der Waals surface area contributed by atoms with E-state index in [1.54, 1.807) is 12.1 Å². The predicted molar refractivity (Wildman–Crippen MR) is 84.6 cm³/mol. The Hall–Kier alpha value is -1.92. The van der Waals surface area contributed by atoms with E-state index >= 15 is 0 Å². The number of hydrogen-bond acceptors (Lipinski definition) is 4. The van der Waals surface area contributed by atoms with E-state index in [4.69, 9.17) is 4.74 Å². The molecular formula is C17H22FN3O2. The highest BCUT2D eigenvalue weighted by atomic mass is 19.1. The van der Waals surface area contributed by atoms with E-state index in [9.17, 15) is 9.50 Å². The van der Waals surface area contributed by atoms with Gasteiger partial charge in [0.2, 0.25) is 0 Å². The number of nitrogens with zero attached hydrogens (tertiary/aromatic N) is 3. The molecular weight excluding hydrogens is 297 g/mol. The maximum Gasteiger partial charge on any atom is 0.123 e. The number of halogens is 1. The molecule has 0 spiro atoms. The summed E-state index contributed by atoms with van der Waals surface area (Å²) in [6, 6.07) is 8.06. The van der Waals surface area contributed by atoms with Gasteiger partial charge in [-0.25, -0.2) is 4.39 Å². The lowest BCUT2D eigenvalue weighted by Crippen LogP contribution is -2.36. The summed E-state index contributed by atoms with van der Waals surface area (Å²) in [5, 5.41) is 14.4. The van der Waals surface area contributed by atoms with Crippen LogP contribution in [0.15, 0.2) is 30.3 Å². The second-order valence-corrected chi connectivity index (χ2v) is 5.79. The summed E-state index contributed by atoms with van der Waals surface area (Å²) in [4.78, 5) is 2.29. The van der Waals surface area contributed by atoms with Crippen molar-refractivity contribution in [2.45, 2.75) is 32.5 Å². The van der Waals surface area contributed by atoms with Crippen molar-refractivity contribution in [1.82, 2.24) is 14.7 Å². The Labute approximate surface area is 135 Å². The normalized spacial score (nSPS) is 16.1. The molecule has 2 heterocycles. The fourth-order valence-corrected chi connectivity index (χ4v) is 2.73. The van der Waals surface area contributed by atoms with E-state index in [1.165, 1.54) is 12.1 Å². The molecule has 124 valence electrons. The minimum Gasteiger partial charge on any atom is -0.492 e. The summed E-state index contributed by atoms with van der Waals surface area (Å²) in [7, 11) is 0. The summed E-state index contributed by atoms with van der Waals surface area (Å²) in [5.74, 6) is 0.425. The first-order valence-corrected chi connectivity index (χ1v) is 8.01. The van der Waals surface area contributed by atoms with Crippen LogP contribution in [0, 0.1) is 5.82 Å². The third-order valence-electron chi connectivity index (χ3n) is 4.11. The summed E-state index contributed by atoms with van der Waals surface area (Å²) in [6.45, 7) is 5.84. The van der Waals surface area contributed by atoms with Crippen molar-refractivity contribution in [3.8, 4) is 5.75 Å². The van der Waals surface area contributed by atoms with Gasteiger partial charge in [0.05, 0.1) is 24.0 Å². The van der Waals surface area contributed by atoms with Gasteiger partial charge in [0.1, 0.15) is 18.2 Å². The van der Waals surface area contributed by atoms with E-state index in [0.29, 0.717) is 18.8 Å². The Bertz CT molecular complexity index is 642. The number of ether oxygens (including phenoxy) is 1. The van der Waals surface area contributed by atoms with Gasteiger partial charge in [-0.2, -0.15) is 5.10 Å². The molecule has 1 atom stereocenters. The molecule has 5 nitrogen and oxygen atoms in total. The first-order chi connectivity index (χ1) is 11.2. The number of aliphatic hydroxyl groups excluding tert-OH is 1. The van der Waals surface area contributed by atoms with Crippen LogP contribution < -0.4 is 4.74 Å². The summed E-state index contributed by atoms with van der Waals surface area (Å²) >= 11 is 0. The molecule has 1 aromatic carbocycles. The fraction of sp³-hybridized carbons (Fsp3) is 0.471. The van der Waals surface area contributed by atoms with Gasteiger partial charge in [-0.15, -0.1) is 0 Å². The van der Waals surface area contributed by atoms with Crippen LogP contribution in [0.4, 0.5) is 4.39 Å². The van der Waals surface area contributed by atoms with Gasteiger partial charge in [0.15, 0.2) is 0 Å². The van der Waals surface area contributed by atoms with Crippen LogP contribution in [0.2, 0.25) is 0 Å². The van der Waals surface area contributed by atoms with E-state index in [0.717, 1.165) is 37.6 Å². The highest BCUT2D eigenvalue weighted by Gasteiger charge is 2.20. The molecule has 0 aliphatic carbocycles.